The number of halogens is 1. The lowest BCUT2D eigenvalue weighted by Crippen LogP contribution is -2.53. The van der Waals surface area contributed by atoms with E-state index in [0.29, 0.717) is 9.51 Å². The summed E-state index contributed by atoms with van der Waals surface area (Å²) in [7, 11) is 0. The molecule has 0 N–H and O–H groups in total. The Hall–Kier alpha value is -0.900. The minimum absolute atomic E-state index is 0.0195. The Labute approximate surface area is 113 Å². The van der Waals surface area contributed by atoms with Crippen LogP contribution in [0, 0.1) is 0 Å². The maximum absolute atomic E-state index is 11.9. The summed E-state index contributed by atoms with van der Waals surface area (Å²) in [5.74, 6) is 0.168. The molecular formula is C14H19ClNO2+. The van der Waals surface area contributed by atoms with Gasteiger partial charge in [-0.3, -0.25) is 0 Å². The number of benzene rings is 1. The van der Waals surface area contributed by atoms with E-state index in [4.69, 9.17) is 16.3 Å². The third-order valence-electron chi connectivity index (χ3n) is 3.91. The van der Waals surface area contributed by atoms with E-state index in [2.05, 4.69) is 0 Å². The second kappa shape index (κ2) is 5.00. The number of carbonyl (C=O) groups is 1. The minimum Gasteiger partial charge on any atom is -0.309 e. The average Bonchev–Trinajstić information content (AvgIpc) is 3.13. The predicted molar refractivity (Wildman–Crippen MR) is 71.1 cm³/mol. The van der Waals surface area contributed by atoms with E-state index in [1.165, 1.54) is 0 Å². The first-order valence-corrected chi connectivity index (χ1v) is 6.71. The maximum Gasteiger partial charge on any atom is 0.312 e. The molecule has 18 heavy (non-hydrogen) atoms. The fourth-order valence-electron chi connectivity index (χ4n) is 2.58. The molecule has 0 aromatic heterocycles. The zero-order chi connectivity index (χ0) is 13.3. The lowest BCUT2D eigenvalue weighted by molar-refractivity contribution is -0.872. The van der Waals surface area contributed by atoms with Crippen molar-refractivity contribution in [1.82, 2.24) is 0 Å². The van der Waals surface area contributed by atoms with Gasteiger partial charge in [-0.25, -0.2) is 9.28 Å². The molecule has 0 radical (unpaired) electrons. The van der Waals surface area contributed by atoms with Gasteiger partial charge in [0.05, 0.1) is 20.0 Å². The van der Waals surface area contributed by atoms with Gasteiger partial charge in [0.25, 0.3) is 0 Å². The molecule has 2 atom stereocenters. The Bertz CT molecular complexity index is 440. The Morgan fingerprint density at radius 3 is 2.28 bits per heavy atom. The molecule has 4 heteroatoms. The van der Waals surface area contributed by atoms with Crippen LogP contribution in [0.4, 0.5) is 0 Å². The molecule has 1 aromatic rings. The zero-order valence-corrected chi connectivity index (χ0v) is 11.8. The first-order chi connectivity index (χ1) is 8.55. The number of ether oxygens (including phenoxy) is 1. The zero-order valence-electron chi connectivity index (χ0n) is 11.0. The van der Waals surface area contributed by atoms with Crippen LogP contribution < -0.4 is 0 Å². The molecule has 1 fully saturated rings. The first kappa shape index (κ1) is 13.5. The van der Waals surface area contributed by atoms with Crippen molar-refractivity contribution in [3.05, 3.63) is 34.9 Å². The van der Waals surface area contributed by atoms with Crippen molar-refractivity contribution in [3.8, 4) is 0 Å². The van der Waals surface area contributed by atoms with Gasteiger partial charge < -0.3 is 4.74 Å². The number of carbonyl (C=O) groups excluding carboxylic acids is 1. The van der Waals surface area contributed by atoms with Gasteiger partial charge in [-0.2, -0.15) is 0 Å². The van der Waals surface area contributed by atoms with Crippen molar-refractivity contribution in [2.75, 3.05) is 13.1 Å². The van der Waals surface area contributed by atoms with Crippen LogP contribution >= 0.6 is 11.6 Å². The topological polar surface area (TPSA) is 29.6 Å². The molecule has 0 aliphatic carbocycles. The van der Waals surface area contributed by atoms with Crippen LogP contribution in [0.1, 0.15) is 32.4 Å². The van der Waals surface area contributed by atoms with E-state index in [1.807, 2.05) is 38.1 Å². The quantitative estimate of drug-likeness (QED) is 0.620. The molecule has 0 spiro atoms. The fraction of sp³-hybridized carbons (Fsp3) is 0.500. The van der Waals surface area contributed by atoms with E-state index in [0.717, 1.165) is 18.7 Å². The first-order valence-electron chi connectivity index (χ1n) is 6.34. The van der Waals surface area contributed by atoms with Gasteiger partial charge in [-0.1, -0.05) is 23.7 Å². The highest BCUT2D eigenvalue weighted by atomic mass is 35.5. The van der Waals surface area contributed by atoms with Crippen molar-refractivity contribution >= 4 is 17.5 Å². The Morgan fingerprint density at radius 1 is 1.28 bits per heavy atom. The number of quaternary nitrogens is 1. The molecule has 1 aliphatic heterocycles. The van der Waals surface area contributed by atoms with Crippen LogP contribution in [0.15, 0.2) is 24.3 Å². The van der Waals surface area contributed by atoms with Crippen LogP contribution in [0.25, 0.3) is 0 Å². The molecule has 0 bridgehead atoms. The van der Waals surface area contributed by atoms with Gasteiger partial charge >= 0.3 is 5.91 Å². The standard InChI is InChI=1S/C14H19ClNO2/c1-4-16(5-2,10(3)17)14-13(18-14)11-6-8-12(15)9-7-11/h6-9,13-14H,4-5H2,1-3H3/q+1/t13-,14+/m1/s1. The van der Waals surface area contributed by atoms with Crippen molar-refractivity contribution in [2.24, 2.45) is 0 Å². The second-order valence-electron chi connectivity index (χ2n) is 4.68. The molecule has 1 aliphatic rings. The molecule has 0 unspecified atom stereocenters. The molecule has 3 nitrogen and oxygen atoms in total. The Balaban J connectivity index is 2.19. The molecule has 1 heterocycles. The summed E-state index contributed by atoms with van der Waals surface area (Å²) < 4.78 is 6.16. The smallest absolute Gasteiger partial charge is 0.309 e. The number of nitrogens with zero attached hydrogens (tertiary/aromatic N) is 1. The number of hydrogen-bond donors (Lipinski definition) is 0. The van der Waals surface area contributed by atoms with Crippen LogP contribution in [0.2, 0.25) is 5.02 Å². The van der Waals surface area contributed by atoms with Gasteiger partial charge in [0.15, 0.2) is 6.10 Å². The normalized spacial score (nSPS) is 22.9. The van der Waals surface area contributed by atoms with Crippen LogP contribution in [0.3, 0.4) is 0 Å². The summed E-state index contributed by atoms with van der Waals surface area (Å²) >= 11 is 5.87. The highest BCUT2D eigenvalue weighted by Crippen LogP contribution is 2.45. The molecule has 1 aromatic carbocycles. The van der Waals surface area contributed by atoms with Gasteiger partial charge in [0.1, 0.15) is 0 Å². The van der Waals surface area contributed by atoms with Crippen molar-refractivity contribution in [1.29, 1.82) is 0 Å². The summed E-state index contributed by atoms with van der Waals surface area (Å²) in [5, 5.41) is 0.717. The number of hydrogen-bond acceptors (Lipinski definition) is 2. The highest BCUT2D eigenvalue weighted by Gasteiger charge is 2.57. The number of epoxide rings is 1. The van der Waals surface area contributed by atoms with Gasteiger partial charge in [-0.15, -0.1) is 0 Å². The third kappa shape index (κ3) is 2.18. The van der Waals surface area contributed by atoms with Crippen LogP contribution in [0.5, 0.6) is 0 Å². The van der Waals surface area contributed by atoms with Gasteiger partial charge in [0.2, 0.25) is 6.23 Å². The van der Waals surface area contributed by atoms with Crippen LogP contribution in [-0.4, -0.2) is 29.7 Å². The van der Waals surface area contributed by atoms with Crippen molar-refractivity contribution in [3.63, 3.8) is 0 Å². The summed E-state index contributed by atoms with van der Waals surface area (Å²) in [6.45, 7) is 7.24. The summed E-state index contributed by atoms with van der Waals surface area (Å²) in [6, 6.07) is 7.65. The second-order valence-corrected chi connectivity index (χ2v) is 5.12. The Kier molecular flexibility index (Phi) is 3.76. The average molecular weight is 269 g/mol. The monoisotopic (exact) mass is 268 g/mol. The molecular weight excluding hydrogens is 250 g/mol. The molecule has 2 rings (SSSR count). The summed E-state index contributed by atoms with van der Waals surface area (Å²) in [5.41, 5.74) is 1.09. The lowest BCUT2D eigenvalue weighted by atomic mass is 10.1. The van der Waals surface area contributed by atoms with Crippen molar-refractivity contribution in [2.45, 2.75) is 33.1 Å². The predicted octanol–water partition coefficient (Wildman–Crippen LogP) is 3.14. The van der Waals surface area contributed by atoms with E-state index in [-0.39, 0.29) is 18.2 Å². The molecule has 1 saturated heterocycles. The van der Waals surface area contributed by atoms with Crippen LogP contribution in [-0.2, 0) is 9.53 Å². The van der Waals surface area contributed by atoms with E-state index < -0.39 is 0 Å². The van der Waals surface area contributed by atoms with E-state index >= 15 is 0 Å². The van der Waals surface area contributed by atoms with Gasteiger partial charge in [-0.05, 0) is 31.5 Å². The fourth-order valence-corrected chi connectivity index (χ4v) is 2.71. The summed E-state index contributed by atoms with van der Waals surface area (Å²) in [4.78, 5) is 11.9. The van der Waals surface area contributed by atoms with E-state index in [1.54, 1.807) is 6.92 Å². The minimum atomic E-state index is -0.0429. The molecule has 98 valence electrons. The van der Waals surface area contributed by atoms with Crippen molar-refractivity contribution < 1.29 is 14.0 Å². The number of amides is 1. The largest absolute Gasteiger partial charge is 0.312 e. The SMILES string of the molecule is CC[N+](CC)(C(C)=O)[C@H]1O[C@@H]1c1ccc(Cl)cc1. The summed E-state index contributed by atoms with van der Waals surface area (Å²) in [6.07, 6.45) is -0.0234. The molecule has 0 saturated carbocycles. The lowest BCUT2D eigenvalue weighted by Gasteiger charge is -2.31. The number of rotatable bonds is 4. The number of likely N-dealkylation sites (N-methyl/N-ethyl adjacent to an activating group) is 1. The maximum atomic E-state index is 11.9. The van der Waals surface area contributed by atoms with Gasteiger partial charge in [0, 0.05) is 5.02 Å². The third-order valence-corrected chi connectivity index (χ3v) is 4.16. The molecule has 1 amide bonds. The highest BCUT2D eigenvalue weighted by molar-refractivity contribution is 6.30. The Morgan fingerprint density at radius 2 is 1.83 bits per heavy atom. The van der Waals surface area contributed by atoms with E-state index in [9.17, 15) is 4.79 Å².